The molecule has 0 fully saturated rings. The van der Waals surface area contributed by atoms with Crippen LogP contribution in [0.4, 0.5) is 0 Å². The third kappa shape index (κ3) is 6.45. The average Bonchev–Trinajstić information content (AvgIpc) is 2.36. The van der Waals surface area contributed by atoms with Crippen molar-refractivity contribution in [1.82, 2.24) is 0 Å². The van der Waals surface area contributed by atoms with Crippen molar-refractivity contribution >= 4 is 19.7 Å². The first-order valence-corrected chi connectivity index (χ1v) is 10.4. The van der Waals surface area contributed by atoms with Crippen LogP contribution >= 0.6 is 0 Å². The smallest absolute Gasteiger partial charge is 0.153 e. The van der Waals surface area contributed by atoms with E-state index in [1.807, 2.05) is 6.92 Å². The molecule has 1 aromatic rings. The Hall–Kier alpha value is -1.12. The van der Waals surface area contributed by atoms with Gasteiger partial charge in [0.05, 0.1) is 23.9 Å². The van der Waals surface area contributed by atoms with Crippen molar-refractivity contribution in [2.75, 3.05) is 30.1 Å². The second-order valence-corrected chi connectivity index (χ2v) is 9.31. The zero-order chi connectivity index (χ0) is 16.1. The minimum atomic E-state index is -3.55. The Kier molecular flexibility index (Phi) is 6.18. The summed E-state index contributed by atoms with van der Waals surface area (Å²) in [5.41, 5.74) is 6.54. The molecule has 120 valence electrons. The summed E-state index contributed by atoms with van der Waals surface area (Å²) in [7, 11) is -6.87. The van der Waals surface area contributed by atoms with Gasteiger partial charge in [0.25, 0.3) is 0 Å². The van der Waals surface area contributed by atoms with E-state index in [0.717, 1.165) is 6.26 Å². The summed E-state index contributed by atoms with van der Waals surface area (Å²) >= 11 is 0. The second kappa shape index (κ2) is 7.24. The van der Waals surface area contributed by atoms with Gasteiger partial charge in [-0.3, -0.25) is 0 Å². The fourth-order valence-electron chi connectivity index (χ4n) is 1.80. The summed E-state index contributed by atoms with van der Waals surface area (Å²) in [6.45, 7) is 2.27. The molecule has 8 heteroatoms. The van der Waals surface area contributed by atoms with E-state index in [-0.39, 0.29) is 5.75 Å². The highest BCUT2D eigenvalue weighted by molar-refractivity contribution is 7.94. The lowest BCUT2D eigenvalue weighted by atomic mass is 10.1. The molecule has 6 nitrogen and oxygen atoms in total. The standard InChI is InChI=1S/C13H21NO5S2/c1-3-19-13-7-5-4-6-11(13)12(14)10-21(17,18)9-8-20(2,15)16/h4-7,12H,3,8-10,14H2,1-2H3. The van der Waals surface area contributed by atoms with Gasteiger partial charge in [-0.25, -0.2) is 16.8 Å². The molecule has 1 rings (SSSR count). The highest BCUT2D eigenvalue weighted by atomic mass is 32.2. The summed E-state index contributed by atoms with van der Waals surface area (Å²) in [4.78, 5) is 0. The summed E-state index contributed by atoms with van der Waals surface area (Å²) in [6.07, 6.45) is 1.01. The lowest BCUT2D eigenvalue weighted by Gasteiger charge is -2.16. The monoisotopic (exact) mass is 335 g/mol. The normalized spacial score (nSPS) is 13.9. The summed E-state index contributed by atoms with van der Waals surface area (Å²) in [5.74, 6) is -0.580. The third-order valence-electron chi connectivity index (χ3n) is 2.82. The van der Waals surface area contributed by atoms with Crippen LogP contribution in [-0.4, -0.2) is 47.0 Å². The zero-order valence-corrected chi connectivity index (χ0v) is 13.8. The summed E-state index contributed by atoms with van der Waals surface area (Å²) < 4.78 is 51.4. The molecule has 0 aliphatic rings. The van der Waals surface area contributed by atoms with E-state index in [1.54, 1.807) is 24.3 Å². The van der Waals surface area contributed by atoms with Crippen molar-refractivity contribution in [2.24, 2.45) is 5.73 Å². The fraction of sp³-hybridized carbons (Fsp3) is 0.538. The molecule has 0 spiro atoms. The molecular weight excluding hydrogens is 314 g/mol. The second-order valence-electron chi connectivity index (χ2n) is 4.82. The SMILES string of the molecule is CCOc1ccccc1C(N)CS(=O)(=O)CCS(C)(=O)=O. The number of nitrogens with two attached hydrogens (primary N) is 1. The number of ether oxygens (including phenoxy) is 1. The van der Waals surface area contributed by atoms with Crippen LogP contribution in [0.1, 0.15) is 18.5 Å². The average molecular weight is 335 g/mol. The van der Waals surface area contributed by atoms with Gasteiger partial charge < -0.3 is 10.5 Å². The van der Waals surface area contributed by atoms with Crippen molar-refractivity contribution in [3.63, 3.8) is 0 Å². The van der Waals surface area contributed by atoms with Crippen molar-refractivity contribution in [1.29, 1.82) is 0 Å². The molecule has 1 atom stereocenters. The van der Waals surface area contributed by atoms with Crippen LogP contribution in [0.2, 0.25) is 0 Å². The highest BCUT2D eigenvalue weighted by Crippen LogP contribution is 2.24. The van der Waals surface area contributed by atoms with E-state index >= 15 is 0 Å². The Morgan fingerprint density at radius 2 is 1.76 bits per heavy atom. The van der Waals surface area contributed by atoms with Gasteiger partial charge in [-0.2, -0.15) is 0 Å². The molecule has 0 aromatic heterocycles. The molecule has 0 aliphatic heterocycles. The van der Waals surface area contributed by atoms with Crippen LogP contribution in [0.5, 0.6) is 5.75 Å². The maximum absolute atomic E-state index is 11.9. The van der Waals surface area contributed by atoms with Crippen LogP contribution in [0.15, 0.2) is 24.3 Å². The van der Waals surface area contributed by atoms with Crippen LogP contribution in [0, 0.1) is 0 Å². The Labute approximate surface area is 126 Å². The quantitative estimate of drug-likeness (QED) is 0.744. The van der Waals surface area contributed by atoms with Gasteiger partial charge in [-0.05, 0) is 13.0 Å². The van der Waals surface area contributed by atoms with E-state index in [4.69, 9.17) is 10.5 Å². The highest BCUT2D eigenvalue weighted by Gasteiger charge is 2.21. The van der Waals surface area contributed by atoms with Crippen LogP contribution in [0.25, 0.3) is 0 Å². The Morgan fingerprint density at radius 1 is 1.14 bits per heavy atom. The summed E-state index contributed by atoms with van der Waals surface area (Å²) in [6, 6.07) is 6.21. The van der Waals surface area contributed by atoms with E-state index < -0.39 is 37.2 Å². The lowest BCUT2D eigenvalue weighted by Crippen LogP contribution is -2.26. The van der Waals surface area contributed by atoms with Crippen LogP contribution in [-0.2, 0) is 19.7 Å². The molecule has 2 N–H and O–H groups in total. The van der Waals surface area contributed by atoms with Gasteiger partial charge in [0.2, 0.25) is 0 Å². The number of hydrogen-bond donors (Lipinski definition) is 1. The molecule has 21 heavy (non-hydrogen) atoms. The molecular formula is C13H21NO5S2. The van der Waals surface area contributed by atoms with Gasteiger partial charge >= 0.3 is 0 Å². The largest absolute Gasteiger partial charge is 0.494 e. The molecule has 0 bridgehead atoms. The molecule has 0 saturated carbocycles. The number of rotatable bonds is 8. The first kappa shape index (κ1) is 17.9. The Bertz CT molecular complexity index is 668. The van der Waals surface area contributed by atoms with E-state index in [9.17, 15) is 16.8 Å². The van der Waals surface area contributed by atoms with Crippen molar-refractivity contribution in [3.8, 4) is 5.75 Å². The first-order chi connectivity index (χ1) is 9.64. The van der Waals surface area contributed by atoms with Crippen molar-refractivity contribution in [3.05, 3.63) is 29.8 Å². The number of sulfone groups is 2. The topological polar surface area (TPSA) is 104 Å². The molecule has 0 saturated heterocycles. The lowest BCUT2D eigenvalue weighted by molar-refractivity contribution is 0.335. The fourth-order valence-corrected chi connectivity index (χ4v) is 4.92. The Morgan fingerprint density at radius 3 is 2.33 bits per heavy atom. The minimum absolute atomic E-state index is 0.313. The van der Waals surface area contributed by atoms with Crippen molar-refractivity contribution in [2.45, 2.75) is 13.0 Å². The van der Waals surface area contributed by atoms with Crippen molar-refractivity contribution < 1.29 is 21.6 Å². The number of para-hydroxylation sites is 1. The predicted molar refractivity (Wildman–Crippen MR) is 82.9 cm³/mol. The van der Waals surface area contributed by atoms with E-state index in [1.165, 1.54) is 0 Å². The molecule has 1 aromatic carbocycles. The van der Waals surface area contributed by atoms with Gasteiger partial charge in [0, 0.05) is 17.9 Å². The maximum Gasteiger partial charge on any atom is 0.153 e. The van der Waals surface area contributed by atoms with Gasteiger partial charge in [0.15, 0.2) is 9.84 Å². The first-order valence-electron chi connectivity index (χ1n) is 6.50. The van der Waals surface area contributed by atoms with Gasteiger partial charge in [-0.15, -0.1) is 0 Å². The molecule has 1 unspecified atom stereocenters. The summed E-state index contributed by atoms with van der Waals surface area (Å²) in [5, 5.41) is 0. The van der Waals surface area contributed by atoms with E-state index in [2.05, 4.69) is 0 Å². The third-order valence-corrected chi connectivity index (χ3v) is 5.71. The molecule has 0 amide bonds. The molecule has 0 heterocycles. The number of benzene rings is 1. The van der Waals surface area contributed by atoms with Crippen LogP contribution in [0.3, 0.4) is 0 Å². The number of hydrogen-bond acceptors (Lipinski definition) is 6. The molecule has 0 radical (unpaired) electrons. The van der Waals surface area contributed by atoms with Gasteiger partial charge in [-0.1, -0.05) is 18.2 Å². The molecule has 0 aliphatic carbocycles. The predicted octanol–water partition coefficient (Wildman–Crippen LogP) is 0.544. The van der Waals surface area contributed by atoms with E-state index in [0.29, 0.717) is 17.9 Å². The maximum atomic E-state index is 11.9. The van der Waals surface area contributed by atoms with Gasteiger partial charge in [0.1, 0.15) is 15.6 Å². The zero-order valence-electron chi connectivity index (χ0n) is 12.2. The Balaban J connectivity index is 2.83. The minimum Gasteiger partial charge on any atom is -0.494 e. The van der Waals surface area contributed by atoms with Crippen LogP contribution < -0.4 is 10.5 Å².